The van der Waals surface area contributed by atoms with Gasteiger partial charge in [0, 0.05) is 0 Å². The Kier molecular flexibility index (Phi) is 2.42. The van der Waals surface area contributed by atoms with Crippen LogP contribution in [0, 0.1) is 0 Å². The van der Waals surface area contributed by atoms with E-state index in [0.29, 0.717) is 0 Å². The number of rotatable bonds is 1. The molecule has 62 valence electrons. The highest BCUT2D eigenvalue weighted by molar-refractivity contribution is 9.14. The van der Waals surface area contributed by atoms with Gasteiger partial charge in [-0.15, -0.1) is 0 Å². The van der Waals surface area contributed by atoms with Crippen molar-refractivity contribution < 1.29 is 0 Å². The molecule has 0 spiro atoms. The van der Waals surface area contributed by atoms with Crippen LogP contribution < -0.4 is 5.32 Å². The van der Waals surface area contributed by atoms with Gasteiger partial charge in [-0.3, -0.25) is 0 Å². The minimum Gasteiger partial charge on any atom is -0.374 e. The molecule has 1 aromatic carbocycles. The van der Waals surface area contributed by atoms with Gasteiger partial charge in [0.15, 0.2) is 0 Å². The van der Waals surface area contributed by atoms with E-state index in [9.17, 15) is 0 Å². The molecule has 0 atom stereocenters. The van der Waals surface area contributed by atoms with Crippen LogP contribution in [0.4, 0.5) is 0 Å². The van der Waals surface area contributed by atoms with E-state index < -0.39 is 0 Å². The van der Waals surface area contributed by atoms with Gasteiger partial charge in [-0.05, 0) is 21.5 Å². The number of thioether (sulfide) groups is 1. The predicted octanol–water partition coefficient (Wildman–Crippen LogP) is 3.00. The molecular weight excluding hydrogens is 234 g/mol. The molecule has 1 N–H and O–H groups in total. The van der Waals surface area contributed by atoms with E-state index in [2.05, 4.69) is 33.4 Å². The Morgan fingerprint density at radius 1 is 1.25 bits per heavy atom. The fourth-order valence-corrected chi connectivity index (χ4v) is 2.52. The molecule has 1 aromatic rings. The maximum atomic E-state index is 3.52. The van der Waals surface area contributed by atoms with Crippen molar-refractivity contribution in [1.29, 1.82) is 0 Å². The second-order valence-electron chi connectivity index (χ2n) is 2.48. The quantitative estimate of drug-likeness (QED) is 0.812. The standard InChI is InChI=1S/C9H8BrNS/c10-9-8(11-6-12-9)7-4-2-1-3-5-7/h1-5,11H,6H2. The van der Waals surface area contributed by atoms with Crippen LogP contribution in [-0.2, 0) is 0 Å². The molecule has 1 aliphatic rings. The molecule has 1 nitrogen and oxygen atoms in total. The Labute approximate surface area is 84.4 Å². The van der Waals surface area contributed by atoms with Gasteiger partial charge in [-0.25, -0.2) is 0 Å². The zero-order valence-corrected chi connectivity index (χ0v) is 8.78. The summed E-state index contributed by atoms with van der Waals surface area (Å²) in [6.07, 6.45) is 0. The first-order valence-electron chi connectivity index (χ1n) is 3.70. The van der Waals surface area contributed by atoms with Gasteiger partial charge in [0.05, 0.1) is 15.4 Å². The summed E-state index contributed by atoms with van der Waals surface area (Å²) >= 11 is 5.31. The van der Waals surface area contributed by atoms with Crippen molar-refractivity contribution in [2.45, 2.75) is 0 Å². The second-order valence-corrected chi connectivity index (χ2v) is 4.78. The van der Waals surface area contributed by atoms with Gasteiger partial charge in [-0.1, -0.05) is 42.1 Å². The van der Waals surface area contributed by atoms with Crippen LogP contribution in [-0.4, -0.2) is 5.88 Å². The van der Waals surface area contributed by atoms with Crippen LogP contribution in [0.1, 0.15) is 5.56 Å². The van der Waals surface area contributed by atoms with Gasteiger partial charge >= 0.3 is 0 Å². The van der Waals surface area contributed by atoms with E-state index in [-0.39, 0.29) is 0 Å². The topological polar surface area (TPSA) is 12.0 Å². The molecule has 0 bridgehead atoms. The molecule has 0 saturated carbocycles. The lowest BCUT2D eigenvalue weighted by Gasteiger charge is -2.02. The van der Waals surface area contributed by atoms with Gasteiger partial charge in [-0.2, -0.15) is 0 Å². The molecule has 0 radical (unpaired) electrons. The van der Waals surface area contributed by atoms with Crippen LogP contribution in [0.3, 0.4) is 0 Å². The third kappa shape index (κ3) is 1.52. The lowest BCUT2D eigenvalue weighted by atomic mass is 10.2. The average molecular weight is 242 g/mol. The summed E-state index contributed by atoms with van der Waals surface area (Å²) in [5.74, 6) is 0.963. The Hall–Kier alpha value is -0.410. The van der Waals surface area contributed by atoms with E-state index in [1.165, 1.54) is 15.1 Å². The molecule has 0 aromatic heterocycles. The summed E-state index contributed by atoms with van der Waals surface area (Å²) in [5.41, 5.74) is 2.45. The molecule has 0 saturated heterocycles. The van der Waals surface area contributed by atoms with Crippen LogP contribution in [0.2, 0.25) is 0 Å². The van der Waals surface area contributed by atoms with E-state index in [0.717, 1.165) is 5.88 Å². The van der Waals surface area contributed by atoms with Crippen molar-refractivity contribution in [3.8, 4) is 0 Å². The molecule has 12 heavy (non-hydrogen) atoms. The smallest absolute Gasteiger partial charge is 0.0758 e. The minimum atomic E-state index is 0.963. The number of benzene rings is 1. The summed E-state index contributed by atoms with van der Waals surface area (Å²) in [5, 5.41) is 3.32. The highest BCUT2D eigenvalue weighted by Gasteiger charge is 2.12. The Balaban J connectivity index is 2.37. The number of nitrogens with one attached hydrogen (secondary N) is 1. The Morgan fingerprint density at radius 2 is 2.00 bits per heavy atom. The maximum Gasteiger partial charge on any atom is 0.0758 e. The first-order valence-corrected chi connectivity index (χ1v) is 5.47. The zero-order valence-electron chi connectivity index (χ0n) is 6.38. The molecule has 0 amide bonds. The summed E-state index contributed by atoms with van der Waals surface area (Å²) in [6.45, 7) is 0. The van der Waals surface area contributed by atoms with Gasteiger partial charge in [0.1, 0.15) is 0 Å². The average Bonchev–Trinajstić information content (AvgIpc) is 2.53. The van der Waals surface area contributed by atoms with Crippen molar-refractivity contribution in [1.82, 2.24) is 5.32 Å². The van der Waals surface area contributed by atoms with Gasteiger partial charge in [0.2, 0.25) is 0 Å². The SMILES string of the molecule is BrC1=C(c2ccccc2)NCS1. The number of hydrogen-bond donors (Lipinski definition) is 1. The molecule has 0 fully saturated rings. The predicted molar refractivity (Wildman–Crippen MR) is 57.9 cm³/mol. The Morgan fingerprint density at radius 3 is 2.58 bits per heavy atom. The molecule has 1 heterocycles. The minimum absolute atomic E-state index is 0.963. The van der Waals surface area contributed by atoms with Crippen LogP contribution in [0.15, 0.2) is 34.1 Å². The lowest BCUT2D eigenvalue weighted by molar-refractivity contribution is 1.11. The highest BCUT2D eigenvalue weighted by atomic mass is 79.9. The van der Waals surface area contributed by atoms with Crippen LogP contribution in [0.5, 0.6) is 0 Å². The highest BCUT2D eigenvalue weighted by Crippen LogP contribution is 2.34. The summed E-state index contributed by atoms with van der Waals surface area (Å²) in [4.78, 5) is 0. The molecule has 3 heteroatoms. The molecule has 0 aliphatic carbocycles. The molecule has 1 aliphatic heterocycles. The van der Waals surface area contributed by atoms with E-state index in [1.807, 2.05) is 18.2 Å². The van der Waals surface area contributed by atoms with Crippen molar-refractivity contribution in [3.05, 3.63) is 39.7 Å². The van der Waals surface area contributed by atoms with E-state index in [4.69, 9.17) is 0 Å². The maximum absolute atomic E-state index is 3.52. The first-order chi connectivity index (χ1) is 5.88. The lowest BCUT2D eigenvalue weighted by Crippen LogP contribution is -2.04. The third-order valence-electron chi connectivity index (χ3n) is 1.71. The zero-order chi connectivity index (χ0) is 8.39. The Bertz CT molecular complexity index is 308. The van der Waals surface area contributed by atoms with Gasteiger partial charge in [0.25, 0.3) is 0 Å². The molecular formula is C9H8BrNS. The summed E-state index contributed by atoms with van der Waals surface area (Å²) < 4.78 is 1.20. The van der Waals surface area contributed by atoms with Crippen LogP contribution >= 0.6 is 27.7 Å². The third-order valence-corrected chi connectivity index (χ3v) is 3.54. The monoisotopic (exact) mass is 241 g/mol. The van der Waals surface area contributed by atoms with Crippen molar-refractivity contribution >= 4 is 33.4 Å². The van der Waals surface area contributed by atoms with Crippen molar-refractivity contribution in [3.63, 3.8) is 0 Å². The first kappa shape index (κ1) is 8.20. The molecule has 0 unspecified atom stereocenters. The fraction of sp³-hybridized carbons (Fsp3) is 0.111. The largest absolute Gasteiger partial charge is 0.374 e. The number of halogens is 1. The van der Waals surface area contributed by atoms with Gasteiger partial charge < -0.3 is 5.32 Å². The van der Waals surface area contributed by atoms with Crippen molar-refractivity contribution in [2.24, 2.45) is 0 Å². The van der Waals surface area contributed by atoms with Crippen LogP contribution in [0.25, 0.3) is 5.70 Å². The van der Waals surface area contributed by atoms with E-state index in [1.54, 1.807) is 11.8 Å². The summed E-state index contributed by atoms with van der Waals surface area (Å²) in [7, 11) is 0. The number of hydrogen-bond acceptors (Lipinski definition) is 2. The normalized spacial score (nSPS) is 16.4. The molecule has 2 rings (SSSR count). The second kappa shape index (κ2) is 3.54. The van der Waals surface area contributed by atoms with Crippen molar-refractivity contribution in [2.75, 3.05) is 5.88 Å². The fourth-order valence-electron chi connectivity index (χ4n) is 1.13. The summed E-state index contributed by atoms with van der Waals surface area (Å²) in [6, 6.07) is 10.3. The van der Waals surface area contributed by atoms with E-state index >= 15 is 0 Å².